The Morgan fingerprint density at radius 1 is 1.17 bits per heavy atom. The van der Waals surface area contributed by atoms with Gasteiger partial charge in [0.05, 0.1) is 6.61 Å². The predicted octanol–water partition coefficient (Wildman–Crippen LogP) is 4.03. The van der Waals surface area contributed by atoms with Crippen molar-refractivity contribution in [3.63, 3.8) is 0 Å². The van der Waals surface area contributed by atoms with Crippen LogP contribution in [0.4, 0.5) is 0 Å². The van der Waals surface area contributed by atoms with Crippen molar-refractivity contribution in [1.29, 1.82) is 0 Å². The van der Waals surface area contributed by atoms with Crippen molar-refractivity contribution in [1.82, 2.24) is 4.90 Å². The fourth-order valence-electron chi connectivity index (χ4n) is 3.41. The Morgan fingerprint density at radius 2 is 2.04 bits per heavy atom. The van der Waals surface area contributed by atoms with E-state index in [1.165, 1.54) is 5.56 Å². The third kappa shape index (κ3) is 3.09. The first kappa shape index (κ1) is 15.8. The van der Waals surface area contributed by atoms with Gasteiger partial charge in [0.1, 0.15) is 6.23 Å². The van der Waals surface area contributed by atoms with Crippen molar-refractivity contribution in [2.24, 2.45) is 0 Å². The molecule has 0 aromatic heterocycles. The lowest BCUT2D eigenvalue weighted by Crippen LogP contribution is -2.34. The molecule has 2 aromatic rings. The van der Waals surface area contributed by atoms with Crippen molar-refractivity contribution in [2.75, 3.05) is 19.9 Å². The number of benzene rings is 2. The summed E-state index contributed by atoms with van der Waals surface area (Å²) in [5.41, 5.74) is 2.35. The van der Waals surface area contributed by atoms with Gasteiger partial charge < -0.3 is 14.2 Å². The zero-order chi connectivity index (χ0) is 16.5. The molecular weight excluding hydrogens is 326 g/mol. The second-order valence-corrected chi connectivity index (χ2v) is 6.69. The number of hydrogen-bond acceptors (Lipinski definition) is 4. The van der Waals surface area contributed by atoms with Gasteiger partial charge in [0.15, 0.2) is 11.5 Å². The van der Waals surface area contributed by atoms with E-state index >= 15 is 0 Å². The summed E-state index contributed by atoms with van der Waals surface area (Å²) in [6, 6.07) is 14.4. The number of fused-ring (bicyclic) bond motifs is 1. The normalized spacial score (nSPS) is 21.2. The molecule has 2 atom stereocenters. The Kier molecular flexibility index (Phi) is 4.35. The first-order valence-corrected chi connectivity index (χ1v) is 8.60. The van der Waals surface area contributed by atoms with Gasteiger partial charge in [-0.3, -0.25) is 4.90 Å². The summed E-state index contributed by atoms with van der Waals surface area (Å²) >= 11 is 6.13. The maximum absolute atomic E-state index is 6.13. The fourth-order valence-corrected chi connectivity index (χ4v) is 3.61. The summed E-state index contributed by atoms with van der Waals surface area (Å²) in [5.74, 6) is 1.66. The van der Waals surface area contributed by atoms with Gasteiger partial charge in [-0.15, -0.1) is 0 Å². The van der Waals surface area contributed by atoms with Crippen LogP contribution in [0.1, 0.15) is 24.3 Å². The van der Waals surface area contributed by atoms with Gasteiger partial charge in [-0.05, 0) is 48.7 Å². The second kappa shape index (κ2) is 6.63. The zero-order valence-corrected chi connectivity index (χ0v) is 14.3. The van der Waals surface area contributed by atoms with E-state index < -0.39 is 0 Å². The van der Waals surface area contributed by atoms with Gasteiger partial charge in [0.2, 0.25) is 6.79 Å². The van der Waals surface area contributed by atoms with Crippen molar-refractivity contribution in [2.45, 2.75) is 25.6 Å². The molecule has 2 aromatic carbocycles. The van der Waals surface area contributed by atoms with E-state index in [2.05, 4.69) is 30.0 Å². The third-order valence-corrected chi connectivity index (χ3v) is 4.83. The van der Waals surface area contributed by atoms with E-state index in [-0.39, 0.29) is 6.23 Å². The lowest BCUT2D eigenvalue weighted by Gasteiger charge is -2.29. The van der Waals surface area contributed by atoms with E-state index in [1.54, 1.807) is 0 Å². The SMILES string of the molecule is CC(Cc1ccc2c(c1)OCO2)N1CCOC1c1cccc(Cl)c1. The molecule has 4 nitrogen and oxygen atoms in total. The summed E-state index contributed by atoms with van der Waals surface area (Å²) in [6.45, 7) is 4.20. The molecule has 5 heteroatoms. The Hall–Kier alpha value is -1.75. The summed E-state index contributed by atoms with van der Waals surface area (Å²) in [6.07, 6.45) is 0.893. The highest BCUT2D eigenvalue weighted by Gasteiger charge is 2.31. The molecule has 4 rings (SSSR count). The third-order valence-electron chi connectivity index (χ3n) is 4.59. The van der Waals surface area contributed by atoms with E-state index in [0.717, 1.165) is 41.7 Å². The molecule has 0 bridgehead atoms. The predicted molar refractivity (Wildman–Crippen MR) is 92.6 cm³/mol. The zero-order valence-electron chi connectivity index (χ0n) is 13.6. The minimum atomic E-state index is -0.0345. The molecule has 2 aliphatic rings. The highest BCUT2D eigenvalue weighted by molar-refractivity contribution is 6.30. The molecule has 1 saturated heterocycles. The standard InChI is InChI=1S/C19H20ClNO3/c1-13(9-14-5-6-17-18(10-14)24-12-23-17)21-7-8-22-19(21)15-3-2-4-16(20)11-15/h2-6,10-11,13,19H,7-9,12H2,1H3. The molecule has 126 valence electrons. The Balaban J connectivity index is 1.50. The number of hydrogen-bond donors (Lipinski definition) is 0. The van der Waals surface area contributed by atoms with Gasteiger partial charge in [-0.2, -0.15) is 0 Å². The van der Waals surface area contributed by atoms with Crippen molar-refractivity contribution < 1.29 is 14.2 Å². The van der Waals surface area contributed by atoms with Crippen LogP contribution in [0.15, 0.2) is 42.5 Å². The van der Waals surface area contributed by atoms with Crippen molar-refractivity contribution in [3.8, 4) is 11.5 Å². The molecule has 1 fully saturated rings. The largest absolute Gasteiger partial charge is 0.454 e. The van der Waals surface area contributed by atoms with Crippen molar-refractivity contribution >= 4 is 11.6 Å². The van der Waals surface area contributed by atoms with E-state index in [1.807, 2.05) is 24.3 Å². The quantitative estimate of drug-likeness (QED) is 0.837. The molecule has 0 saturated carbocycles. The topological polar surface area (TPSA) is 30.9 Å². The van der Waals surface area contributed by atoms with Crippen molar-refractivity contribution in [3.05, 3.63) is 58.6 Å². The summed E-state index contributed by atoms with van der Waals surface area (Å²) in [5, 5.41) is 0.742. The number of rotatable bonds is 4. The maximum atomic E-state index is 6.13. The van der Waals surface area contributed by atoms with Gasteiger partial charge in [0, 0.05) is 17.6 Å². The van der Waals surface area contributed by atoms with Crippen LogP contribution in [0.25, 0.3) is 0 Å². The molecule has 2 heterocycles. The Morgan fingerprint density at radius 3 is 2.92 bits per heavy atom. The molecule has 2 aliphatic heterocycles. The Bertz CT molecular complexity index is 736. The highest BCUT2D eigenvalue weighted by atomic mass is 35.5. The molecule has 2 unspecified atom stereocenters. The number of halogens is 1. The van der Waals surface area contributed by atoms with Crippen LogP contribution in [0.5, 0.6) is 11.5 Å². The summed E-state index contributed by atoms with van der Waals surface area (Å²) in [7, 11) is 0. The Labute approximate surface area is 146 Å². The van der Waals surface area contributed by atoms with Crippen LogP contribution in [0.3, 0.4) is 0 Å². The summed E-state index contributed by atoms with van der Waals surface area (Å²) in [4.78, 5) is 2.39. The van der Waals surface area contributed by atoms with Crippen LogP contribution in [0.2, 0.25) is 5.02 Å². The monoisotopic (exact) mass is 345 g/mol. The van der Waals surface area contributed by atoms with Crippen LogP contribution < -0.4 is 9.47 Å². The molecule has 0 amide bonds. The first-order valence-electron chi connectivity index (χ1n) is 8.22. The van der Waals surface area contributed by atoms with Crippen LogP contribution in [-0.2, 0) is 11.2 Å². The van der Waals surface area contributed by atoms with Gasteiger partial charge in [-0.25, -0.2) is 0 Å². The second-order valence-electron chi connectivity index (χ2n) is 6.26. The minimum absolute atomic E-state index is 0.0345. The van der Waals surface area contributed by atoms with Crippen LogP contribution >= 0.6 is 11.6 Å². The molecule has 0 aliphatic carbocycles. The maximum Gasteiger partial charge on any atom is 0.231 e. The van der Waals surface area contributed by atoms with Gasteiger partial charge in [-0.1, -0.05) is 29.8 Å². The minimum Gasteiger partial charge on any atom is -0.454 e. The van der Waals surface area contributed by atoms with E-state index in [0.29, 0.717) is 12.8 Å². The number of ether oxygens (including phenoxy) is 3. The number of nitrogens with zero attached hydrogens (tertiary/aromatic N) is 1. The van der Waals surface area contributed by atoms with E-state index in [9.17, 15) is 0 Å². The fraction of sp³-hybridized carbons (Fsp3) is 0.368. The average Bonchev–Trinajstić information content (AvgIpc) is 3.23. The molecule has 0 radical (unpaired) electrons. The smallest absolute Gasteiger partial charge is 0.231 e. The van der Waals surface area contributed by atoms with Gasteiger partial charge in [0.25, 0.3) is 0 Å². The lowest BCUT2D eigenvalue weighted by molar-refractivity contribution is 0.0145. The van der Waals surface area contributed by atoms with Gasteiger partial charge >= 0.3 is 0 Å². The van der Waals surface area contributed by atoms with Crippen LogP contribution in [-0.4, -0.2) is 30.9 Å². The molecule has 24 heavy (non-hydrogen) atoms. The molecular formula is C19H20ClNO3. The van der Waals surface area contributed by atoms with E-state index in [4.69, 9.17) is 25.8 Å². The first-order chi connectivity index (χ1) is 11.7. The average molecular weight is 346 g/mol. The van der Waals surface area contributed by atoms with Crippen LogP contribution in [0, 0.1) is 0 Å². The lowest BCUT2D eigenvalue weighted by atomic mass is 10.0. The molecule has 0 spiro atoms. The highest BCUT2D eigenvalue weighted by Crippen LogP contribution is 2.34. The summed E-state index contributed by atoms with van der Waals surface area (Å²) < 4.78 is 16.8. The molecule has 0 N–H and O–H groups in total.